The molecular weight excluding hydrogens is 412 g/mol. The SMILES string of the molecule is Cc1ccc(-n2cc3c(c(C(=O)Nc4cccc(Cl)c4)c2=O)CC(C)(C)CC3=O)cc1. The van der Waals surface area contributed by atoms with Gasteiger partial charge in [0.2, 0.25) is 0 Å². The number of carbonyl (C=O) groups excluding carboxylic acids is 2. The summed E-state index contributed by atoms with van der Waals surface area (Å²) in [5.41, 5.74) is 2.28. The highest BCUT2D eigenvalue weighted by Gasteiger charge is 2.36. The van der Waals surface area contributed by atoms with Gasteiger partial charge >= 0.3 is 0 Å². The number of hydrogen-bond acceptors (Lipinski definition) is 3. The quantitative estimate of drug-likeness (QED) is 0.615. The van der Waals surface area contributed by atoms with Gasteiger partial charge in [0.15, 0.2) is 5.78 Å². The molecule has 158 valence electrons. The topological polar surface area (TPSA) is 68.2 Å². The molecule has 0 saturated carbocycles. The Labute approximate surface area is 185 Å². The number of aromatic nitrogens is 1. The number of aryl methyl sites for hydroxylation is 1. The van der Waals surface area contributed by atoms with E-state index in [4.69, 9.17) is 11.6 Å². The Balaban J connectivity index is 1.91. The van der Waals surface area contributed by atoms with Crippen LogP contribution in [-0.4, -0.2) is 16.3 Å². The first-order valence-electron chi connectivity index (χ1n) is 10.1. The van der Waals surface area contributed by atoms with E-state index in [1.807, 2.05) is 32.9 Å². The molecule has 3 aromatic rings. The maximum atomic E-state index is 13.5. The monoisotopic (exact) mass is 434 g/mol. The van der Waals surface area contributed by atoms with Gasteiger partial charge in [-0.25, -0.2) is 0 Å². The third kappa shape index (κ3) is 4.19. The van der Waals surface area contributed by atoms with Gasteiger partial charge in [-0.15, -0.1) is 0 Å². The van der Waals surface area contributed by atoms with Crippen LogP contribution in [0.1, 0.15) is 52.1 Å². The van der Waals surface area contributed by atoms with Crippen LogP contribution in [0.2, 0.25) is 5.02 Å². The van der Waals surface area contributed by atoms with E-state index in [0.717, 1.165) is 5.56 Å². The highest BCUT2D eigenvalue weighted by molar-refractivity contribution is 6.31. The maximum Gasteiger partial charge on any atom is 0.268 e. The molecule has 1 N–H and O–H groups in total. The van der Waals surface area contributed by atoms with Crippen LogP contribution in [-0.2, 0) is 6.42 Å². The second-order valence-electron chi connectivity index (χ2n) is 8.81. The first kappa shape index (κ1) is 21.1. The number of anilines is 1. The molecule has 0 fully saturated rings. The van der Waals surface area contributed by atoms with Crippen molar-refractivity contribution < 1.29 is 9.59 Å². The molecule has 1 aromatic heterocycles. The number of carbonyl (C=O) groups is 2. The van der Waals surface area contributed by atoms with Crippen LogP contribution in [0.5, 0.6) is 0 Å². The summed E-state index contributed by atoms with van der Waals surface area (Å²) in [6.07, 6.45) is 2.41. The van der Waals surface area contributed by atoms with Crippen molar-refractivity contribution in [1.29, 1.82) is 0 Å². The minimum Gasteiger partial charge on any atom is -0.322 e. The second-order valence-corrected chi connectivity index (χ2v) is 9.25. The number of benzene rings is 2. The van der Waals surface area contributed by atoms with Crippen molar-refractivity contribution in [2.75, 3.05) is 5.32 Å². The molecule has 0 radical (unpaired) electrons. The summed E-state index contributed by atoms with van der Waals surface area (Å²) >= 11 is 6.03. The van der Waals surface area contributed by atoms with Crippen molar-refractivity contribution in [2.45, 2.75) is 33.6 Å². The normalized spacial score (nSPS) is 14.8. The Morgan fingerprint density at radius 1 is 1.06 bits per heavy atom. The van der Waals surface area contributed by atoms with Crippen LogP contribution in [0.3, 0.4) is 0 Å². The van der Waals surface area contributed by atoms with Crippen molar-refractivity contribution in [3.05, 3.63) is 92.4 Å². The summed E-state index contributed by atoms with van der Waals surface area (Å²) < 4.78 is 1.39. The lowest BCUT2D eigenvalue weighted by atomic mass is 9.73. The van der Waals surface area contributed by atoms with E-state index in [1.165, 1.54) is 4.57 Å². The second kappa shape index (κ2) is 7.82. The van der Waals surface area contributed by atoms with Crippen LogP contribution in [0, 0.1) is 12.3 Å². The van der Waals surface area contributed by atoms with Crippen molar-refractivity contribution >= 4 is 29.0 Å². The number of Topliss-reactive ketones (excluding diaryl/α,β-unsaturated/α-hetero) is 1. The van der Waals surface area contributed by atoms with E-state index < -0.39 is 11.5 Å². The third-order valence-electron chi connectivity index (χ3n) is 5.53. The fourth-order valence-corrected chi connectivity index (χ4v) is 4.23. The summed E-state index contributed by atoms with van der Waals surface area (Å²) in [5, 5.41) is 3.25. The Morgan fingerprint density at radius 3 is 2.45 bits per heavy atom. The van der Waals surface area contributed by atoms with Crippen molar-refractivity contribution in [2.24, 2.45) is 5.41 Å². The molecule has 31 heavy (non-hydrogen) atoms. The minimum atomic E-state index is -0.546. The number of ketones is 1. The molecule has 0 atom stereocenters. The molecule has 1 aliphatic carbocycles. The highest BCUT2D eigenvalue weighted by atomic mass is 35.5. The lowest BCUT2D eigenvalue weighted by Gasteiger charge is -2.31. The Bertz CT molecular complexity index is 1260. The van der Waals surface area contributed by atoms with Gasteiger partial charge in [0.25, 0.3) is 11.5 Å². The summed E-state index contributed by atoms with van der Waals surface area (Å²) in [7, 11) is 0. The number of amides is 1. The summed E-state index contributed by atoms with van der Waals surface area (Å²) in [6.45, 7) is 5.89. The average molecular weight is 435 g/mol. The molecule has 1 aliphatic rings. The molecular formula is C25H23ClN2O3. The summed E-state index contributed by atoms with van der Waals surface area (Å²) in [4.78, 5) is 39.8. The Morgan fingerprint density at radius 2 is 1.77 bits per heavy atom. The number of hydrogen-bond donors (Lipinski definition) is 1. The number of halogens is 1. The fraction of sp³-hybridized carbons (Fsp3) is 0.240. The Hall–Kier alpha value is -3.18. The maximum absolute atomic E-state index is 13.5. The van der Waals surface area contributed by atoms with E-state index in [9.17, 15) is 14.4 Å². The molecule has 0 unspecified atom stereocenters. The molecule has 0 aliphatic heterocycles. The van der Waals surface area contributed by atoms with Gasteiger partial charge in [-0.1, -0.05) is 49.2 Å². The lowest BCUT2D eigenvalue weighted by molar-refractivity contribution is 0.0910. The zero-order valence-electron chi connectivity index (χ0n) is 17.7. The smallest absolute Gasteiger partial charge is 0.268 e. The van der Waals surface area contributed by atoms with E-state index in [1.54, 1.807) is 42.6 Å². The number of nitrogens with zero attached hydrogens (tertiary/aromatic N) is 1. The van der Waals surface area contributed by atoms with E-state index in [2.05, 4.69) is 5.32 Å². The third-order valence-corrected chi connectivity index (χ3v) is 5.77. The first-order chi connectivity index (χ1) is 14.6. The van der Waals surface area contributed by atoms with Gasteiger partial charge in [0.05, 0.1) is 0 Å². The van der Waals surface area contributed by atoms with Crippen molar-refractivity contribution in [1.82, 2.24) is 4.57 Å². The predicted molar refractivity (Wildman–Crippen MR) is 123 cm³/mol. The van der Waals surface area contributed by atoms with Crippen LogP contribution in [0.15, 0.2) is 59.5 Å². The highest BCUT2D eigenvalue weighted by Crippen LogP contribution is 2.36. The molecule has 5 nitrogen and oxygen atoms in total. The summed E-state index contributed by atoms with van der Waals surface area (Å²) in [5.74, 6) is -0.612. The zero-order chi connectivity index (χ0) is 22.3. The molecule has 1 heterocycles. The fourth-order valence-electron chi connectivity index (χ4n) is 4.04. The van der Waals surface area contributed by atoms with Crippen LogP contribution in [0.25, 0.3) is 5.69 Å². The van der Waals surface area contributed by atoms with Crippen LogP contribution >= 0.6 is 11.6 Å². The van der Waals surface area contributed by atoms with Gasteiger partial charge in [-0.3, -0.25) is 19.0 Å². The number of nitrogens with one attached hydrogen (secondary N) is 1. The first-order valence-corrected chi connectivity index (χ1v) is 10.5. The number of fused-ring (bicyclic) bond motifs is 1. The van der Waals surface area contributed by atoms with Crippen molar-refractivity contribution in [3.63, 3.8) is 0 Å². The molecule has 1 amide bonds. The van der Waals surface area contributed by atoms with Gasteiger partial charge < -0.3 is 5.32 Å². The molecule has 0 spiro atoms. The van der Waals surface area contributed by atoms with Gasteiger partial charge in [-0.05, 0) is 54.7 Å². The number of pyridine rings is 1. The number of rotatable bonds is 3. The Kier molecular flexibility index (Phi) is 5.31. The standard InChI is InChI=1S/C25H23ClN2O3/c1-15-7-9-18(10-8-15)28-14-20-19(12-25(2,3)13-21(20)29)22(24(28)31)23(30)27-17-6-4-5-16(26)11-17/h4-11,14H,12-13H2,1-3H3,(H,27,30). The van der Waals surface area contributed by atoms with Gasteiger partial charge in [-0.2, -0.15) is 0 Å². The molecule has 0 saturated heterocycles. The lowest BCUT2D eigenvalue weighted by Crippen LogP contribution is -2.37. The van der Waals surface area contributed by atoms with Gasteiger partial charge in [0.1, 0.15) is 5.56 Å². The van der Waals surface area contributed by atoms with Crippen LogP contribution in [0.4, 0.5) is 5.69 Å². The average Bonchev–Trinajstić information content (AvgIpc) is 2.67. The zero-order valence-corrected chi connectivity index (χ0v) is 18.4. The predicted octanol–water partition coefficient (Wildman–Crippen LogP) is 5.21. The van der Waals surface area contributed by atoms with Crippen LogP contribution < -0.4 is 10.9 Å². The largest absolute Gasteiger partial charge is 0.322 e. The molecule has 4 rings (SSSR count). The van der Waals surface area contributed by atoms with E-state index in [-0.39, 0.29) is 16.8 Å². The minimum absolute atomic E-state index is 0.000763. The van der Waals surface area contributed by atoms with E-state index in [0.29, 0.717) is 40.4 Å². The molecule has 0 bridgehead atoms. The summed E-state index contributed by atoms with van der Waals surface area (Å²) in [6, 6.07) is 14.1. The molecule has 2 aromatic carbocycles. The molecule has 6 heteroatoms. The van der Waals surface area contributed by atoms with Crippen molar-refractivity contribution in [3.8, 4) is 5.69 Å². The van der Waals surface area contributed by atoms with Gasteiger partial charge in [0, 0.05) is 34.6 Å². The van der Waals surface area contributed by atoms with E-state index >= 15 is 0 Å².